The van der Waals surface area contributed by atoms with E-state index in [-0.39, 0.29) is 10.7 Å². The van der Waals surface area contributed by atoms with Gasteiger partial charge in [0.05, 0.1) is 10.4 Å². The molecule has 29 heavy (non-hydrogen) atoms. The normalized spacial score (nSPS) is 11.9. The second-order valence-electron chi connectivity index (χ2n) is 6.42. The number of ketones is 1. The molecule has 0 aliphatic heterocycles. The van der Waals surface area contributed by atoms with E-state index in [1.165, 1.54) is 28.4 Å². The van der Waals surface area contributed by atoms with Gasteiger partial charge in [0.2, 0.25) is 0 Å². The highest BCUT2D eigenvalue weighted by Crippen LogP contribution is 2.27. The molecule has 1 aromatic heterocycles. The summed E-state index contributed by atoms with van der Waals surface area (Å²) in [7, 11) is -3.81. The van der Waals surface area contributed by atoms with Gasteiger partial charge in [-0.2, -0.15) is 0 Å². The minimum absolute atomic E-state index is 0.138. The van der Waals surface area contributed by atoms with Crippen molar-refractivity contribution in [1.29, 1.82) is 0 Å². The lowest BCUT2D eigenvalue weighted by atomic mass is 10.1. The largest absolute Gasteiger partial charge is 0.289 e. The summed E-state index contributed by atoms with van der Waals surface area (Å²) in [4.78, 5) is 12.5. The number of rotatable bonds is 5. The molecule has 3 aromatic carbocycles. The van der Waals surface area contributed by atoms with E-state index in [4.69, 9.17) is 11.6 Å². The number of nitrogens with zero attached hydrogens (tertiary/aromatic N) is 1. The van der Waals surface area contributed by atoms with Crippen molar-refractivity contribution in [3.8, 4) is 0 Å². The van der Waals surface area contributed by atoms with Gasteiger partial charge in [0.15, 0.2) is 5.78 Å². The predicted octanol–water partition coefficient (Wildman–Crippen LogP) is 5.43. The Bertz CT molecular complexity index is 1320. The van der Waals surface area contributed by atoms with Gasteiger partial charge in [-0.25, -0.2) is 12.4 Å². The molecule has 144 valence electrons. The highest BCUT2D eigenvalue weighted by Gasteiger charge is 2.20. The van der Waals surface area contributed by atoms with Gasteiger partial charge in [-0.3, -0.25) is 4.79 Å². The van der Waals surface area contributed by atoms with Crippen LogP contribution in [0.4, 0.5) is 0 Å². The number of halogens is 1. The van der Waals surface area contributed by atoms with Crippen molar-refractivity contribution in [2.45, 2.75) is 4.90 Å². The molecule has 0 radical (unpaired) electrons. The van der Waals surface area contributed by atoms with Crippen LogP contribution in [0.5, 0.6) is 0 Å². The van der Waals surface area contributed by atoms with Crippen molar-refractivity contribution in [3.05, 3.63) is 107 Å². The summed E-state index contributed by atoms with van der Waals surface area (Å²) in [6.07, 6.45) is 4.63. The summed E-state index contributed by atoms with van der Waals surface area (Å²) >= 11 is 5.89. The molecule has 4 nitrogen and oxygen atoms in total. The number of para-hydroxylation sites is 1. The van der Waals surface area contributed by atoms with Crippen LogP contribution in [0.2, 0.25) is 5.02 Å². The first-order valence-electron chi connectivity index (χ1n) is 8.85. The van der Waals surface area contributed by atoms with E-state index in [2.05, 4.69) is 0 Å². The van der Waals surface area contributed by atoms with Crippen molar-refractivity contribution >= 4 is 44.4 Å². The van der Waals surface area contributed by atoms with Crippen molar-refractivity contribution in [2.75, 3.05) is 0 Å². The Morgan fingerprint density at radius 3 is 2.24 bits per heavy atom. The highest BCUT2D eigenvalue weighted by molar-refractivity contribution is 7.90. The van der Waals surface area contributed by atoms with Crippen molar-refractivity contribution < 1.29 is 13.2 Å². The maximum atomic E-state index is 13.2. The molecule has 0 saturated heterocycles. The van der Waals surface area contributed by atoms with Gasteiger partial charge in [-0.15, -0.1) is 0 Å². The Morgan fingerprint density at radius 2 is 1.52 bits per heavy atom. The second-order valence-corrected chi connectivity index (χ2v) is 8.67. The van der Waals surface area contributed by atoms with Gasteiger partial charge in [-0.1, -0.05) is 60.1 Å². The Labute approximate surface area is 173 Å². The van der Waals surface area contributed by atoms with Crippen LogP contribution < -0.4 is 0 Å². The summed E-state index contributed by atoms with van der Waals surface area (Å²) in [6, 6.07) is 22.1. The molecule has 0 unspecified atom stereocenters. The monoisotopic (exact) mass is 421 g/mol. The Balaban J connectivity index is 1.79. The lowest BCUT2D eigenvalue weighted by molar-refractivity contribution is 0.104. The molecule has 0 saturated carbocycles. The first kappa shape index (κ1) is 19.2. The molecule has 0 amide bonds. The van der Waals surface area contributed by atoms with Crippen LogP contribution in [0.15, 0.2) is 96.0 Å². The summed E-state index contributed by atoms with van der Waals surface area (Å²) in [6.45, 7) is 0. The van der Waals surface area contributed by atoms with Gasteiger partial charge in [0.1, 0.15) is 0 Å². The molecule has 0 aliphatic rings. The molecule has 0 spiro atoms. The van der Waals surface area contributed by atoms with E-state index in [0.29, 0.717) is 21.7 Å². The summed E-state index contributed by atoms with van der Waals surface area (Å²) in [5, 5.41) is 1.20. The molecule has 4 rings (SSSR count). The fourth-order valence-electron chi connectivity index (χ4n) is 3.09. The van der Waals surface area contributed by atoms with E-state index in [9.17, 15) is 13.2 Å². The SMILES string of the molecule is O=C(/C=C/c1cn(S(=O)(=O)c2ccc(Cl)cc2)c2ccccc12)c1ccccc1. The average Bonchev–Trinajstić information content (AvgIpc) is 3.12. The van der Waals surface area contributed by atoms with E-state index in [1.54, 1.807) is 54.6 Å². The molecule has 0 N–H and O–H groups in total. The van der Waals surface area contributed by atoms with Crippen LogP contribution in [-0.2, 0) is 10.0 Å². The highest BCUT2D eigenvalue weighted by atomic mass is 35.5. The molecule has 0 fully saturated rings. The number of benzene rings is 3. The summed E-state index contributed by atoms with van der Waals surface area (Å²) in [5.74, 6) is -0.150. The van der Waals surface area contributed by atoms with Gasteiger partial charge < -0.3 is 0 Å². The third-order valence-corrected chi connectivity index (χ3v) is 6.49. The van der Waals surface area contributed by atoms with Crippen molar-refractivity contribution in [3.63, 3.8) is 0 Å². The maximum Gasteiger partial charge on any atom is 0.268 e. The van der Waals surface area contributed by atoms with Crippen LogP contribution in [0, 0.1) is 0 Å². The molecule has 0 atom stereocenters. The first-order valence-corrected chi connectivity index (χ1v) is 10.7. The van der Waals surface area contributed by atoms with Crippen LogP contribution in [-0.4, -0.2) is 18.2 Å². The lowest BCUT2D eigenvalue weighted by Crippen LogP contribution is -2.11. The van der Waals surface area contributed by atoms with Crippen LogP contribution in [0.1, 0.15) is 15.9 Å². The number of fused-ring (bicyclic) bond motifs is 1. The van der Waals surface area contributed by atoms with E-state index in [0.717, 1.165) is 5.39 Å². The molecular weight excluding hydrogens is 406 g/mol. The standard InChI is InChI=1S/C23H16ClNO3S/c24-19-11-13-20(14-12-19)29(27,28)25-16-18(21-8-4-5-9-22(21)25)10-15-23(26)17-6-2-1-3-7-17/h1-16H/b15-10+. The van der Waals surface area contributed by atoms with Crippen LogP contribution in [0.3, 0.4) is 0 Å². The zero-order valence-corrected chi connectivity index (χ0v) is 16.8. The number of carbonyl (C=O) groups excluding carboxylic acids is 1. The maximum absolute atomic E-state index is 13.2. The second kappa shape index (κ2) is 7.70. The number of allylic oxidation sites excluding steroid dienone is 1. The topological polar surface area (TPSA) is 56.1 Å². The number of carbonyl (C=O) groups is 1. The van der Waals surface area contributed by atoms with Gasteiger partial charge >= 0.3 is 0 Å². The van der Waals surface area contributed by atoms with Crippen molar-refractivity contribution in [1.82, 2.24) is 3.97 Å². The number of hydrogen-bond acceptors (Lipinski definition) is 3. The lowest BCUT2D eigenvalue weighted by Gasteiger charge is -2.07. The summed E-state index contributed by atoms with van der Waals surface area (Å²) < 4.78 is 27.6. The third-order valence-electron chi connectivity index (χ3n) is 4.55. The first-order chi connectivity index (χ1) is 14.0. The number of hydrogen-bond donors (Lipinski definition) is 0. The van der Waals surface area contributed by atoms with Crippen molar-refractivity contribution in [2.24, 2.45) is 0 Å². The summed E-state index contributed by atoms with van der Waals surface area (Å²) in [5.41, 5.74) is 1.75. The molecule has 0 aliphatic carbocycles. The zero-order chi connectivity index (χ0) is 20.4. The average molecular weight is 422 g/mol. The molecule has 0 bridgehead atoms. The van der Waals surface area contributed by atoms with Gasteiger partial charge in [0, 0.05) is 27.7 Å². The Kier molecular flexibility index (Phi) is 5.09. The fraction of sp³-hybridized carbons (Fsp3) is 0. The van der Waals surface area contributed by atoms with Gasteiger partial charge in [0.25, 0.3) is 10.0 Å². The van der Waals surface area contributed by atoms with E-state index < -0.39 is 10.0 Å². The van der Waals surface area contributed by atoms with Gasteiger partial charge in [-0.05, 0) is 42.5 Å². The zero-order valence-electron chi connectivity index (χ0n) is 15.2. The van der Waals surface area contributed by atoms with E-state index >= 15 is 0 Å². The fourth-order valence-corrected chi connectivity index (χ4v) is 4.59. The molecular formula is C23H16ClNO3S. The van der Waals surface area contributed by atoms with Crippen LogP contribution >= 0.6 is 11.6 Å². The minimum Gasteiger partial charge on any atom is -0.289 e. The molecule has 1 heterocycles. The quantitative estimate of drug-likeness (QED) is 0.319. The molecule has 4 aromatic rings. The Morgan fingerprint density at radius 1 is 0.862 bits per heavy atom. The minimum atomic E-state index is -3.81. The third kappa shape index (κ3) is 3.75. The smallest absolute Gasteiger partial charge is 0.268 e. The van der Waals surface area contributed by atoms with Crippen LogP contribution in [0.25, 0.3) is 17.0 Å². The number of aromatic nitrogens is 1. The van der Waals surface area contributed by atoms with E-state index in [1.807, 2.05) is 18.2 Å². The molecule has 6 heteroatoms. The Hall–Kier alpha value is -3.15. The predicted molar refractivity (Wildman–Crippen MR) is 116 cm³/mol.